The van der Waals surface area contributed by atoms with E-state index in [0.29, 0.717) is 19.2 Å². The number of methoxy groups -OCH3 is 1. The molecule has 6 nitrogen and oxygen atoms in total. The average Bonchev–Trinajstić information content (AvgIpc) is 3.14. The number of ether oxygens (including phenoxy) is 1. The molecule has 0 bridgehead atoms. The Balaban J connectivity index is 1.47. The first-order chi connectivity index (χ1) is 13.1. The lowest BCUT2D eigenvalue weighted by Gasteiger charge is -2.42. The maximum atomic E-state index is 12.6. The number of aryl methyl sites for hydroxylation is 1. The van der Waals surface area contributed by atoms with Crippen molar-refractivity contribution in [2.45, 2.75) is 38.6 Å². The lowest BCUT2D eigenvalue weighted by molar-refractivity contribution is -0.127. The van der Waals surface area contributed by atoms with Crippen molar-refractivity contribution < 1.29 is 14.3 Å². The first-order valence-electron chi connectivity index (χ1n) is 9.93. The van der Waals surface area contributed by atoms with E-state index in [1.54, 1.807) is 18.4 Å². The Bertz CT molecular complexity index is 640. The van der Waals surface area contributed by atoms with Crippen LogP contribution in [-0.2, 0) is 9.53 Å². The fourth-order valence-electron chi connectivity index (χ4n) is 4.14. The van der Waals surface area contributed by atoms with Gasteiger partial charge in [0.1, 0.15) is 0 Å². The van der Waals surface area contributed by atoms with Gasteiger partial charge in [-0.3, -0.25) is 14.5 Å². The van der Waals surface area contributed by atoms with Gasteiger partial charge >= 0.3 is 0 Å². The van der Waals surface area contributed by atoms with Gasteiger partial charge < -0.3 is 15.0 Å². The van der Waals surface area contributed by atoms with Gasteiger partial charge in [0.15, 0.2) is 0 Å². The third kappa shape index (κ3) is 5.30. The van der Waals surface area contributed by atoms with Crippen LogP contribution >= 0.6 is 11.3 Å². The molecule has 7 heteroatoms. The van der Waals surface area contributed by atoms with E-state index in [1.807, 2.05) is 23.3 Å². The third-order valence-electron chi connectivity index (χ3n) is 5.67. The van der Waals surface area contributed by atoms with Gasteiger partial charge in [-0.2, -0.15) is 0 Å². The molecule has 0 aromatic carbocycles. The van der Waals surface area contributed by atoms with Crippen LogP contribution in [0.2, 0.25) is 0 Å². The van der Waals surface area contributed by atoms with Crippen molar-refractivity contribution in [3.05, 3.63) is 21.9 Å². The quantitative estimate of drug-likeness (QED) is 0.752. The molecule has 2 aliphatic rings. The number of piperidine rings is 2. The molecule has 2 saturated heterocycles. The van der Waals surface area contributed by atoms with Crippen molar-refractivity contribution in [2.24, 2.45) is 5.92 Å². The molecular formula is C20H31N3O3S. The van der Waals surface area contributed by atoms with Gasteiger partial charge in [0.2, 0.25) is 5.91 Å². The van der Waals surface area contributed by atoms with Gasteiger partial charge in [0.25, 0.3) is 5.91 Å². The van der Waals surface area contributed by atoms with E-state index in [1.165, 1.54) is 4.88 Å². The third-order valence-corrected chi connectivity index (χ3v) is 6.54. The number of rotatable bonds is 6. The summed E-state index contributed by atoms with van der Waals surface area (Å²) in [6.07, 6.45) is 4.01. The average molecular weight is 394 g/mol. The number of likely N-dealkylation sites (tertiary alicyclic amines) is 2. The molecular weight excluding hydrogens is 362 g/mol. The fraction of sp³-hybridized carbons (Fsp3) is 0.700. The van der Waals surface area contributed by atoms with Crippen molar-refractivity contribution in [2.75, 3.05) is 46.4 Å². The molecule has 27 heavy (non-hydrogen) atoms. The Morgan fingerprint density at radius 2 is 2.04 bits per heavy atom. The highest BCUT2D eigenvalue weighted by Crippen LogP contribution is 2.25. The van der Waals surface area contributed by atoms with Crippen molar-refractivity contribution in [3.63, 3.8) is 0 Å². The van der Waals surface area contributed by atoms with E-state index >= 15 is 0 Å². The molecule has 3 heterocycles. The first kappa shape index (κ1) is 20.3. The van der Waals surface area contributed by atoms with Crippen LogP contribution in [0.15, 0.2) is 11.4 Å². The zero-order valence-electron chi connectivity index (χ0n) is 16.4. The molecule has 2 aliphatic heterocycles. The van der Waals surface area contributed by atoms with Crippen LogP contribution in [0.4, 0.5) is 0 Å². The van der Waals surface area contributed by atoms with Crippen molar-refractivity contribution in [1.82, 2.24) is 15.1 Å². The predicted molar refractivity (Wildman–Crippen MR) is 107 cm³/mol. The largest absolute Gasteiger partial charge is 0.383 e. The van der Waals surface area contributed by atoms with Crippen LogP contribution in [0.3, 0.4) is 0 Å². The van der Waals surface area contributed by atoms with Crippen molar-refractivity contribution in [1.29, 1.82) is 0 Å². The Labute approximate surface area is 165 Å². The molecule has 3 rings (SSSR count). The van der Waals surface area contributed by atoms with Gasteiger partial charge in [-0.25, -0.2) is 0 Å². The maximum absolute atomic E-state index is 12.6. The van der Waals surface area contributed by atoms with Gasteiger partial charge in [-0.05, 0) is 45.2 Å². The van der Waals surface area contributed by atoms with E-state index in [0.717, 1.165) is 57.4 Å². The number of amides is 2. The number of nitrogens with one attached hydrogen (secondary N) is 1. The second kappa shape index (κ2) is 9.66. The van der Waals surface area contributed by atoms with Crippen LogP contribution in [0.5, 0.6) is 0 Å². The highest BCUT2D eigenvalue weighted by Gasteiger charge is 2.32. The van der Waals surface area contributed by atoms with Crippen LogP contribution in [0.25, 0.3) is 0 Å². The Morgan fingerprint density at radius 3 is 2.70 bits per heavy atom. The highest BCUT2D eigenvalue weighted by atomic mass is 32.1. The molecule has 0 saturated carbocycles. The lowest BCUT2D eigenvalue weighted by Crippen LogP contribution is -2.51. The molecule has 2 fully saturated rings. The number of nitrogens with zero attached hydrogens (tertiary/aromatic N) is 2. The van der Waals surface area contributed by atoms with Gasteiger partial charge in [0.05, 0.1) is 18.1 Å². The minimum Gasteiger partial charge on any atom is -0.383 e. The van der Waals surface area contributed by atoms with E-state index < -0.39 is 0 Å². The Morgan fingerprint density at radius 1 is 1.26 bits per heavy atom. The van der Waals surface area contributed by atoms with Crippen LogP contribution in [0, 0.1) is 12.8 Å². The minimum atomic E-state index is 0.0732. The monoisotopic (exact) mass is 393 g/mol. The maximum Gasteiger partial charge on any atom is 0.254 e. The normalized spacial score (nSPS) is 22.0. The van der Waals surface area contributed by atoms with Crippen LogP contribution in [0.1, 0.15) is 40.9 Å². The zero-order valence-corrected chi connectivity index (χ0v) is 17.2. The Hall–Kier alpha value is -1.44. The van der Waals surface area contributed by atoms with E-state index in [9.17, 15) is 9.59 Å². The SMILES string of the molecule is COCCNC(=O)C1CCCN(C2CCN(C(=O)c3csc(C)c3)CC2)C1. The fourth-order valence-corrected chi connectivity index (χ4v) is 4.82. The molecule has 0 spiro atoms. The molecule has 150 valence electrons. The predicted octanol–water partition coefficient (Wildman–Crippen LogP) is 2.14. The summed E-state index contributed by atoms with van der Waals surface area (Å²) < 4.78 is 5.00. The lowest BCUT2D eigenvalue weighted by atomic mass is 9.93. The highest BCUT2D eigenvalue weighted by molar-refractivity contribution is 7.10. The summed E-state index contributed by atoms with van der Waals surface area (Å²) in [6.45, 7) is 6.67. The van der Waals surface area contributed by atoms with Crippen LogP contribution in [-0.4, -0.2) is 74.1 Å². The molecule has 0 aliphatic carbocycles. The van der Waals surface area contributed by atoms with Crippen molar-refractivity contribution in [3.8, 4) is 0 Å². The molecule has 1 unspecified atom stereocenters. The summed E-state index contributed by atoms with van der Waals surface area (Å²) in [5, 5.41) is 4.94. The molecule has 1 atom stereocenters. The van der Waals surface area contributed by atoms with Crippen LogP contribution < -0.4 is 5.32 Å². The summed E-state index contributed by atoms with van der Waals surface area (Å²) in [5.74, 6) is 0.382. The van der Waals surface area contributed by atoms with Gasteiger partial charge in [-0.1, -0.05) is 0 Å². The molecule has 1 aromatic rings. The summed E-state index contributed by atoms with van der Waals surface area (Å²) in [6, 6.07) is 2.46. The number of carbonyl (C=O) groups is 2. The Kier molecular flexibility index (Phi) is 7.26. The number of thiophene rings is 1. The molecule has 2 amide bonds. The van der Waals surface area contributed by atoms with E-state index in [2.05, 4.69) is 10.2 Å². The second-order valence-electron chi connectivity index (χ2n) is 7.59. The molecule has 0 radical (unpaired) electrons. The minimum absolute atomic E-state index is 0.0732. The second-order valence-corrected chi connectivity index (χ2v) is 8.70. The topological polar surface area (TPSA) is 61.9 Å². The van der Waals surface area contributed by atoms with Crippen molar-refractivity contribution >= 4 is 23.2 Å². The number of carbonyl (C=O) groups excluding carboxylic acids is 2. The van der Waals surface area contributed by atoms with Gasteiger partial charge in [-0.15, -0.1) is 11.3 Å². The number of hydrogen-bond donors (Lipinski definition) is 1. The van der Waals surface area contributed by atoms with E-state index in [4.69, 9.17) is 4.74 Å². The summed E-state index contributed by atoms with van der Waals surface area (Å²) in [4.78, 5) is 30.6. The zero-order chi connectivity index (χ0) is 19.2. The van der Waals surface area contributed by atoms with E-state index in [-0.39, 0.29) is 17.7 Å². The molecule has 1 aromatic heterocycles. The summed E-state index contributed by atoms with van der Waals surface area (Å²) in [5.41, 5.74) is 0.821. The summed E-state index contributed by atoms with van der Waals surface area (Å²) >= 11 is 1.63. The molecule has 1 N–H and O–H groups in total. The standard InChI is InChI=1S/C20H31N3O3S/c1-15-12-17(14-27-15)20(25)22-9-5-18(6-10-22)23-8-3-4-16(13-23)19(24)21-7-11-26-2/h12,14,16,18H,3-11,13H2,1-2H3,(H,21,24). The smallest absolute Gasteiger partial charge is 0.254 e. The summed E-state index contributed by atoms with van der Waals surface area (Å²) in [7, 11) is 1.64. The number of hydrogen-bond acceptors (Lipinski definition) is 5. The van der Waals surface area contributed by atoms with Gasteiger partial charge in [0, 0.05) is 49.6 Å². The first-order valence-corrected chi connectivity index (χ1v) is 10.8.